The van der Waals surface area contributed by atoms with Crippen molar-refractivity contribution in [2.45, 2.75) is 13.3 Å². The molecule has 2 N–H and O–H groups in total. The average Bonchev–Trinajstić information content (AvgIpc) is 2.67. The quantitative estimate of drug-likeness (QED) is 0.418. The molecule has 6 heteroatoms. The molecule has 0 aliphatic heterocycles. The van der Waals surface area contributed by atoms with E-state index in [2.05, 4.69) is 20.5 Å². The maximum Gasteiger partial charge on any atom is 0.134 e. The van der Waals surface area contributed by atoms with Gasteiger partial charge in [-0.2, -0.15) is 20.5 Å². The number of benzene rings is 3. The zero-order valence-corrected chi connectivity index (χ0v) is 14.9. The van der Waals surface area contributed by atoms with Crippen molar-refractivity contribution < 1.29 is 4.79 Å². The van der Waals surface area contributed by atoms with Gasteiger partial charge in [0.2, 0.25) is 0 Å². The number of nitrogens with two attached hydrogens (primary N) is 1. The summed E-state index contributed by atoms with van der Waals surface area (Å²) in [6.07, 6.45) is 0.434. The predicted molar refractivity (Wildman–Crippen MR) is 106 cm³/mol. The Morgan fingerprint density at radius 2 is 1.00 bits per heavy atom. The number of nitrogens with zero attached hydrogens (tertiary/aromatic N) is 4. The van der Waals surface area contributed by atoms with Crippen molar-refractivity contribution in [1.82, 2.24) is 0 Å². The summed E-state index contributed by atoms with van der Waals surface area (Å²) in [5.41, 5.74) is 10.2. The van der Waals surface area contributed by atoms with E-state index < -0.39 is 0 Å². The van der Waals surface area contributed by atoms with Crippen LogP contribution in [-0.2, 0) is 11.2 Å². The van der Waals surface area contributed by atoms with Crippen LogP contribution in [0, 0.1) is 0 Å². The maximum absolute atomic E-state index is 11.1. The lowest BCUT2D eigenvalue weighted by Crippen LogP contribution is -1.94. The standard InChI is InChI=1S/C21H19N5O/c1-15(27)14-16-2-6-18(7-3-16)23-25-20-10-12-21(13-11-20)26-24-19-8-4-17(22)5-9-19/h2-13H,14,22H2,1H3. The highest BCUT2D eigenvalue weighted by Gasteiger charge is 1.98. The Balaban J connectivity index is 1.62. The molecule has 0 aromatic heterocycles. The van der Waals surface area contributed by atoms with Gasteiger partial charge in [-0.1, -0.05) is 12.1 Å². The van der Waals surface area contributed by atoms with E-state index in [0.717, 1.165) is 22.6 Å². The summed E-state index contributed by atoms with van der Waals surface area (Å²) in [4.78, 5) is 11.1. The minimum absolute atomic E-state index is 0.137. The van der Waals surface area contributed by atoms with Gasteiger partial charge in [0, 0.05) is 12.1 Å². The first-order valence-electron chi connectivity index (χ1n) is 8.46. The lowest BCUT2D eigenvalue weighted by molar-refractivity contribution is -0.116. The molecule has 134 valence electrons. The van der Waals surface area contributed by atoms with Crippen LogP contribution in [0.15, 0.2) is 93.3 Å². The largest absolute Gasteiger partial charge is 0.399 e. The van der Waals surface area contributed by atoms with E-state index in [0.29, 0.717) is 17.8 Å². The van der Waals surface area contributed by atoms with Gasteiger partial charge in [0.1, 0.15) is 5.78 Å². The number of Topliss-reactive ketones (excluding diaryl/α,β-unsaturated/α-hetero) is 1. The second-order valence-electron chi connectivity index (χ2n) is 6.05. The van der Waals surface area contributed by atoms with Gasteiger partial charge >= 0.3 is 0 Å². The van der Waals surface area contributed by atoms with Gasteiger partial charge in [-0.25, -0.2) is 0 Å². The molecule has 3 aromatic carbocycles. The Bertz CT molecular complexity index is 959. The highest BCUT2D eigenvalue weighted by atomic mass is 16.1. The molecule has 0 amide bonds. The summed E-state index contributed by atoms with van der Waals surface area (Å²) in [5, 5.41) is 16.8. The SMILES string of the molecule is CC(=O)Cc1ccc(N=Nc2ccc(N=Nc3ccc(N)cc3)cc2)cc1. The summed E-state index contributed by atoms with van der Waals surface area (Å²) < 4.78 is 0. The normalized spacial score (nSPS) is 11.3. The van der Waals surface area contributed by atoms with E-state index in [9.17, 15) is 4.79 Å². The number of nitrogen functional groups attached to an aromatic ring is 1. The molecule has 0 heterocycles. The first kappa shape index (κ1) is 18.1. The highest BCUT2D eigenvalue weighted by molar-refractivity contribution is 5.78. The fraction of sp³-hybridized carbons (Fsp3) is 0.0952. The van der Waals surface area contributed by atoms with Crippen molar-refractivity contribution in [3.8, 4) is 0 Å². The minimum Gasteiger partial charge on any atom is -0.399 e. The van der Waals surface area contributed by atoms with Crippen LogP contribution in [0.2, 0.25) is 0 Å². The highest BCUT2D eigenvalue weighted by Crippen LogP contribution is 2.24. The molecule has 0 radical (unpaired) electrons. The molecule has 0 aliphatic carbocycles. The van der Waals surface area contributed by atoms with Gasteiger partial charge in [-0.05, 0) is 73.2 Å². The number of rotatable bonds is 6. The fourth-order valence-electron chi connectivity index (χ4n) is 2.33. The van der Waals surface area contributed by atoms with Crippen LogP contribution in [-0.4, -0.2) is 5.78 Å². The zero-order chi connectivity index (χ0) is 19.1. The van der Waals surface area contributed by atoms with Gasteiger partial charge in [-0.3, -0.25) is 4.79 Å². The van der Waals surface area contributed by atoms with Gasteiger partial charge in [-0.15, -0.1) is 0 Å². The number of azo groups is 2. The monoisotopic (exact) mass is 357 g/mol. The fourth-order valence-corrected chi connectivity index (χ4v) is 2.33. The minimum atomic E-state index is 0.137. The summed E-state index contributed by atoms with van der Waals surface area (Å²) in [7, 11) is 0. The molecule has 6 nitrogen and oxygen atoms in total. The first-order valence-corrected chi connectivity index (χ1v) is 8.46. The molecule has 3 rings (SSSR count). The Hall–Kier alpha value is -3.67. The molecular weight excluding hydrogens is 338 g/mol. The second kappa shape index (κ2) is 8.62. The second-order valence-corrected chi connectivity index (χ2v) is 6.05. The van der Waals surface area contributed by atoms with E-state index in [1.165, 1.54) is 0 Å². The van der Waals surface area contributed by atoms with E-state index in [-0.39, 0.29) is 5.78 Å². The molecule has 0 spiro atoms. The summed E-state index contributed by atoms with van der Waals surface area (Å²) in [5.74, 6) is 0.137. The molecular formula is C21H19N5O. The van der Waals surface area contributed by atoms with Crippen molar-refractivity contribution in [3.63, 3.8) is 0 Å². The number of anilines is 1. The van der Waals surface area contributed by atoms with Crippen LogP contribution in [0.1, 0.15) is 12.5 Å². The van der Waals surface area contributed by atoms with Crippen LogP contribution < -0.4 is 5.73 Å². The topological polar surface area (TPSA) is 92.5 Å². The van der Waals surface area contributed by atoms with Crippen LogP contribution in [0.4, 0.5) is 28.4 Å². The lowest BCUT2D eigenvalue weighted by Gasteiger charge is -1.98. The Morgan fingerprint density at radius 1 is 0.667 bits per heavy atom. The Labute approximate surface area is 157 Å². The number of ketones is 1. The van der Waals surface area contributed by atoms with Crippen molar-refractivity contribution in [1.29, 1.82) is 0 Å². The van der Waals surface area contributed by atoms with Gasteiger partial charge in [0.05, 0.1) is 22.7 Å². The number of hydrogen-bond donors (Lipinski definition) is 1. The first-order chi connectivity index (χ1) is 13.1. The van der Waals surface area contributed by atoms with Gasteiger partial charge in [0.25, 0.3) is 0 Å². The molecule has 0 saturated carbocycles. The molecule has 0 aliphatic rings. The third kappa shape index (κ3) is 5.67. The molecule has 0 saturated heterocycles. The summed E-state index contributed by atoms with van der Waals surface area (Å²) in [6.45, 7) is 1.58. The van der Waals surface area contributed by atoms with Crippen molar-refractivity contribution >= 4 is 34.2 Å². The van der Waals surface area contributed by atoms with Crippen molar-refractivity contribution in [3.05, 3.63) is 78.4 Å². The summed E-state index contributed by atoms with van der Waals surface area (Å²) in [6, 6.07) is 21.9. The van der Waals surface area contributed by atoms with Crippen LogP contribution >= 0.6 is 0 Å². The molecule has 3 aromatic rings. The van der Waals surface area contributed by atoms with E-state index >= 15 is 0 Å². The van der Waals surface area contributed by atoms with Crippen LogP contribution in [0.3, 0.4) is 0 Å². The van der Waals surface area contributed by atoms with Crippen LogP contribution in [0.25, 0.3) is 0 Å². The molecule has 0 unspecified atom stereocenters. The summed E-state index contributed by atoms with van der Waals surface area (Å²) >= 11 is 0. The smallest absolute Gasteiger partial charge is 0.134 e. The van der Waals surface area contributed by atoms with Gasteiger partial charge in [0.15, 0.2) is 0 Å². The number of hydrogen-bond acceptors (Lipinski definition) is 6. The lowest BCUT2D eigenvalue weighted by atomic mass is 10.1. The van der Waals surface area contributed by atoms with E-state index in [1.54, 1.807) is 19.1 Å². The molecule has 27 heavy (non-hydrogen) atoms. The molecule has 0 bridgehead atoms. The van der Waals surface area contributed by atoms with Crippen molar-refractivity contribution in [2.75, 3.05) is 5.73 Å². The Morgan fingerprint density at radius 3 is 1.37 bits per heavy atom. The van der Waals surface area contributed by atoms with Gasteiger partial charge < -0.3 is 5.73 Å². The maximum atomic E-state index is 11.1. The zero-order valence-electron chi connectivity index (χ0n) is 14.9. The van der Waals surface area contributed by atoms with Crippen molar-refractivity contribution in [2.24, 2.45) is 20.5 Å². The average molecular weight is 357 g/mol. The predicted octanol–water partition coefficient (Wildman–Crippen LogP) is 6.23. The molecule has 0 atom stereocenters. The van der Waals surface area contributed by atoms with E-state index in [4.69, 9.17) is 5.73 Å². The number of carbonyl (C=O) groups excluding carboxylic acids is 1. The van der Waals surface area contributed by atoms with E-state index in [1.807, 2.05) is 60.7 Å². The Kier molecular flexibility index (Phi) is 5.79. The third-order valence-corrected chi connectivity index (χ3v) is 3.69. The number of carbonyl (C=O) groups is 1. The third-order valence-electron chi connectivity index (χ3n) is 3.69. The van der Waals surface area contributed by atoms with Crippen LogP contribution in [0.5, 0.6) is 0 Å². The molecule has 0 fully saturated rings.